The summed E-state index contributed by atoms with van der Waals surface area (Å²) in [6, 6.07) is -0.630. The maximum absolute atomic E-state index is 12.5. The van der Waals surface area contributed by atoms with Crippen molar-refractivity contribution in [1.82, 2.24) is 5.32 Å². The molecule has 0 saturated carbocycles. The summed E-state index contributed by atoms with van der Waals surface area (Å²) in [6.07, 6.45) is 82.4. The Morgan fingerprint density at radius 2 is 0.618 bits per heavy atom. The molecule has 0 aromatic rings. The first-order valence-electron chi connectivity index (χ1n) is 34.6. The van der Waals surface area contributed by atoms with Gasteiger partial charge in [-0.3, -0.25) is 9.59 Å². The molecular formula is C70H135NO5. The third-order valence-corrected chi connectivity index (χ3v) is 16.2. The van der Waals surface area contributed by atoms with Gasteiger partial charge in [0.2, 0.25) is 5.91 Å². The molecule has 0 aromatic heterocycles. The molecule has 0 aliphatic heterocycles. The van der Waals surface area contributed by atoms with Crippen molar-refractivity contribution < 1.29 is 24.5 Å². The second-order valence-electron chi connectivity index (χ2n) is 23.9. The lowest BCUT2D eigenvalue weighted by atomic mass is 10.0. The van der Waals surface area contributed by atoms with E-state index in [2.05, 4.69) is 31.3 Å². The topological polar surface area (TPSA) is 95.9 Å². The quantitative estimate of drug-likeness (QED) is 0.0320. The van der Waals surface area contributed by atoms with E-state index in [1.165, 1.54) is 315 Å². The molecule has 6 heteroatoms. The van der Waals surface area contributed by atoms with Gasteiger partial charge in [-0.2, -0.15) is 0 Å². The van der Waals surface area contributed by atoms with Gasteiger partial charge in [-0.15, -0.1) is 0 Å². The van der Waals surface area contributed by atoms with Gasteiger partial charge in [0.25, 0.3) is 0 Å². The van der Waals surface area contributed by atoms with Crippen LogP contribution < -0.4 is 5.32 Å². The van der Waals surface area contributed by atoms with Crippen molar-refractivity contribution in [3.05, 3.63) is 24.3 Å². The molecule has 2 unspecified atom stereocenters. The van der Waals surface area contributed by atoms with Crippen molar-refractivity contribution in [2.45, 2.75) is 398 Å². The number of aliphatic hydroxyl groups excluding tert-OH is 2. The largest absolute Gasteiger partial charge is 0.466 e. The third kappa shape index (κ3) is 61.6. The first-order chi connectivity index (χ1) is 37.5. The number of hydrogen-bond donors (Lipinski definition) is 3. The summed E-state index contributed by atoms with van der Waals surface area (Å²) in [5, 5.41) is 23.3. The molecule has 0 aliphatic carbocycles. The molecule has 450 valence electrons. The molecule has 6 nitrogen and oxygen atoms in total. The fourth-order valence-electron chi connectivity index (χ4n) is 10.9. The van der Waals surface area contributed by atoms with Crippen molar-refractivity contribution in [3.63, 3.8) is 0 Å². The Labute approximate surface area is 475 Å². The summed E-state index contributed by atoms with van der Waals surface area (Å²) < 4.78 is 5.49. The van der Waals surface area contributed by atoms with Crippen molar-refractivity contribution in [1.29, 1.82) is 0 Å². The molecule has 0 bridgehead atoms. The van der Waals surface area contributed by atoms with Crippen molar-refractivity contribution in [2.24, 2.45) is 0 Å². The molecule has 0 saturated heterocycles. The van der Waals surface area contributed by atoms with Crippen LogP contribution in [0.1, 0.15) is 386 Å². The highest BCUT2D eigenvalue weighted by Gasteiger charge is 2.18. The lowest BCUT2D eigenvalue weighted by molar-refractivity contribution is -0.143. The van der Waals surface area contributed by atoms with E-state index in [1.807, 2.05) is 6.08 Å². The zero-order valence-corrected chi connectivity index (χ0v) is 51.5. The van der Waals surface area contributed by atoms with Crippen LogP contribution in [0.5, 0.6) is 0 Å². The van der Waals surface area contributed by atoms with Gasteiger partial charge < -0.3 is 20.3 Å². The second kappa shape index (κ2) is 65.9. The number of nitrogens with one attached hydrogen (secondary N) is 1. The van der Waals surface area contributed by atoms with E-state index >= 15 is 0 Å². The van der Waals surface area contributed by atoms with Crippen LogP contribution >= 0.6 is 0 Å². The minimum Gasteiger partial charge on any atom is -0.466 e. The van der Waals surface area contributed by atoms with Crippen LogP contribution in [0.15, 0.2) is 24.3 Å². The zero-order chi connectivity index (χ0) is 55.0. The van der Waals surface area contributed by atoms with Gasteiger partial charge in [0.1, 0.15) is 0 Å². The molecule has 0 radical (unpaired) electrons. The van der Waals surface area contributed by atoms with Crippen LogP contribution in [-0.4, -0.2) is 47.4 Å². The molecule has 76 heavy (non-hydrogen) atoms. The molecule has 0 rings (SSSR count). The lowest BCUT2D eigenvalue weighted by Crippen LogP contribution is -2.45. The summed E-state index contributed by atoms with van der Waals surface area (Å²) >= 11 is 0. The van der Waals surface area contributed by atoms with Crippen LogP contribution in [-0.2, 0) is 14.3 Å². The van der Waals surface area contributed by atoms with Gasteiger partial charge in [0.15, 0.2) is 0 Å². The third-order valence-electron chi connectivity index (χ3n) is 16.2. The van der Waals surface area contributed by atoms with Crippen molar-refractivity contribution in [2.75, 3.05) is 13.2 Å². The lowest BCUT2D eigenvalue weighted by Gasteiger charge is -2.20. The molecular weight excluding hydrogens is 935 g/mol. The number of amides is 1. The molecule has 0 aromatic carbocycles. The van der Waals surface area contributed by atoms with E-state index in [4.69, 9.17) is 4.74 Å². The number of carbonyl (C=O) groups is 2. The molecule has 3 N–H and O–H groups in total. The molecule has 0 fully saturated rings. The Morgan fingerprint density at radius 1 is 0.355 bits per heavy atom. The molecule has 0 aliphatic rings. The second-order valence-corrected chi connectivity index (χ2v) is 23.9. The molecule has 1 amide bonds. The Morgan fingerprint density at radius 3 is 0.934 bits per heavy atom. The standard InChI is InChI=1S/C70H135NO5/c1-3-5-7-9-11-13-15-17-19-20-21-22-23-25-28-31-35-38-42-46-50-54-58-62-68(73)67(66-72)71-69(74)63-59-55-51-47-43-39-36-32-29-26-24-27-30-33-37-41-45-49-53-57-61-65-76-70(75)64-60-56-52-48-44-40-34-18-16-14-12-10-8-6-4-2/h18,34,58,62,67-68,72-73H,3-17,19-33,35-57,59-61,63-66H2,1-2H3,(H,71,74)/b34-18-,62-58+. The van der Waals surface area contributed by atoms with Crippen LogP contribution in [0, 0.1) is 0 Å². The number of unbranched alkanes of at least 4 members (excludes halogenated alkanes) is 52. The van der Waals surface area contributed by atoms with Crippen LogP contribution in [0.3, 0.4) is 0 Å². The van der Waals surface area contributed by atoms with Crippen molar-refractivity contribution >= 4 is 11.9 Å². The monoisotopic (exact) mass is 1070 g/mol. The summed E-state index contributed by atoms with van der Waals surface area (Å²) in [4.78, 5) is 24.6. The first kappa shape index (κ1) is 74.3. The Kier molecular flexibility index (Phi) is 64.4. The fourth-order valence-corrected chi connectivity index (χ4v) is 10.9. The number of carbonyl (C=O) groups excluding carboxylic acids is 2. The first-order valence-corrected chi connectivity index (χ1v) is 34.6. The normalized spacial score (nSPS) is 12.6. The molecule has 0 heterocycles. The minimum atomic E-state index is -0.846. The van der Waals surface area contributed by atoms with E-state index in [1.54, 1.807) is 6.08 Å². The number of aliphatic hydroxyl groups is 2. The van der Waals surface area contributed by atoms with Crippen LogP contribution in [0.25, 0.3) is 0 Å². The number of ether oxygens (including phenoxy) is 1. The smallest absolute Gasteiger partial charge is 0.305 e. The fraction of sp³-hybridized carbons (Fsp3) is 0.914. The average Bonchev–Trinajstić information content (AvgIpc) is 3.42. The van der Waals surface area contributed by atoms with Gasteiger partial charge in [0.05, 0.1) is 25.4 Å². The summed E-state index contributed by atoms with van der Waals surface area (Å²) in [5.74, 6) is -0.0605. The summed E-state index contributed by atoms with van der Waals surface area (Å²) in [5.41, 5.74) is 0. The van der Waals surface area contributed by atoms with Gasteiger partial charge >= 0.3 is 5.97 Å². The predicted molar refractivity (Wildman–Crippen MR) is 333 cm³/mol. The zero-order valence-electron chi connectivity index (χ0n) is 51.5. The van der Waals surface area contributed by atoms with Crippen molar-refractivity contribution in [3.8, 4) is 0 Å². The minimum absolute atomic E-state index is 0.00433. The highest BCUT2D eigenvalue weighted by molar-refractivity contribution is 5.76. The number of allylic oxidation sites excluding steroid dienone is 3. The maximum Gasteiger partial charge on any atom is 0.305 e. The van der Waals surface area contributed by atoms with E-state index in [9.17, 15) is 19.8 Å². The van der Waals surface area contributed by atoms with Crippen LogP contribution in [0.4, 0.5) is 0 Å². The summed E-state index contributed by atoms with van der Waals surface area (Å²) in [7, 11) is 0. The van der Waals surface area contributed by atoms with Gasteiger partial charge in [-0.05, 0) is 57.8 Å². The Hall–Kier alpha value is -1.66. The Balaban J connectivity index is 3.41. The highest BCUT2D eigenvalue weighted by Crippen LogP contribution is 2.19. The van der Waals surface area contributed by atoms with Gasteiger partial charge in [-0.25, -0.2) is 0 Å². The maximum atomic E-state index is 12.5. The van der Waals surface area contributed by atoms with E-state index in [-0.39, 0.29) is 18.5 Å². The number of esters is 1. The SMILES string of the molecule is CCCCCCCC/C=C\CCCCCCCC(=O)OCCCCCCCCCCCCCCCCCCCCCCCC(=O)NC(CO)C(O)/C=C/CCCCCCCCCCCCCCCCCCCCCCC. The Bertz CT molecular complexity index is 1190. The number of rotatable bonds is 65. The van der Waals surface area contributed by atoms with E-state index in [0.717, 1.165) is 44.9 Å². The average molecular weight is 1070 g/mol. The van der Waals surface area contributed by atoms with E-state index in [0.29, 0.717) is 19.4 Å². The van der Waals surface area contributed by atoms with Gasteiger partial charge in [-0.1, -0.05) is 340 Å². The predicted octanol–water partition coefficient (Wildman–Crippen LogP) is 22.1. The van der Waals surface area contributed by atoms with E-state index < -0.39 is 12.1 Å². The summed E-state index contributed by atoms with van der Waals surface area (Å²) in [6.45, 7) is 4.93. The number of hydrogen-bond acceptors (Lipinski definition) is 5. The molecule has 2 atom stereocenters. The van der Waals surface area contributed by atoms with Crippen LogP contribution in [0.2, 0.25) is 0 Å². The van der Waals surface area contributed by atoms with Gasteiger partial charge in [0, 0.05) is 12.8 Å². The highest BCUT2D eigenvalue weighted by atomic mass is 16.5. The molecule has 0 spiro atoms.